The Bertz CT molecular complexity index is 579. The summed E-state index contributed by atoms with van der Waals surface area (Å²) in [4.78, 5) is 0. The second kappa shape index (κ2) is 4.53. The molecular formula is C16H13B2. The minimum absolute atomic E-state index is 1.01. The fourth-order valence-electron chi connectivity index (χ4n) is 2.70. The molecule has 2 aromatic carbocycles. The van der Waals surface area contributed by atoms with Crippen LogP contribution in [0.25, 0.3) is 5.57 Å². The van der Waals surface area contributed by atoms with Gasteiger partial charge in [-0.2, -0.15) is 0 Å². The van der Waals surface area contributed by atoms with Crippen LogP contribution in [0.15, 0.2) is 54.0 Å². The van der Waals surface area contributed by atoms with Crippen molar-refractivity contribution in [3.05, 3.63) is 76.3 Å². The van der Waals surface area contributed by atoms with E-state index in [1.54, 1.807) is 7.17 Å². The molecule has 83 valence electrons. The van der Waals surface area contributed by atoms with Crippen LogP contribution in [-0.4, -0.2) is 14.9 Å². The van der Waals surface area contributed by atoms with Gasteiger partial charge in [0.1, 0.15) is 0 Å². The van der Waals surface area contributed by atoms with Crippen molar-refractivity contribution in [2.45, 2.75) is 13.3 Å². The fraction of sp³-hybridized carbons (Fsp3) is 0.125. The van der Waals surface area contributed by atoms with Gasteiger partial charge in [-0.15, -0.1) is 5.47 Å². The Kier molecular flexibility index (Phi) is 2.87. The Balaban J connectivity index is 2.31. The van der Waals surface area contributed by atoms with Crippen molar-refractivity contribution in [2.24, 2.45) is 0 Å². The number of rotatable bonds is 1. The van der Waals surface area contributed by atoms with Crippen molar-refractivity contribution >= 4 is 20.5 Å². The summed E-state index contributed by atoms with van der Waals surface area (Å²) >= 11 is 0. The molecule has 0 saturated carbocycles. The standard InChI is InChI=1S/C16H13B2/c1-11(18-17)16-14-8-4-2-6-12(14)10-13-7-3-5-9-15(13)16/h2-9H,10H2,1H3. The highest BCUT2D eigenvalue weighted by Crippen LogP contribution is 2.37. The molecule has 3 radical (unpaired) electrons. The average Bonchev–Trinajstić information content (AvgIpc) is 2.44. The quantitative estimate of drug-likeness (QED) is 0.560. The van der Waals surface area contributed by atoms with Crippen LogP contribution in [-0.2, 0) is 6.42 Å². The lowest BCUT2D eigenvalue weighted by atomic mass is 9.49. The molecule has 2 aromatic rings. The van der Waals surface area contributed by atoms with Crippen LogP contribution in [0, 0.1) is 0 Å². The lowest BCUT2D eigenvalue weighted by molar-refractivity contribution is 1.13. The predicted molar refractivity (Wildman–Crippen MR) is 78.9 cm³/mol. The molecule has 18 heavy (non-hydrogen) atoms. The smallest absolute Gasteiger partial charge is 0.0906 e. The first-order valence-electron chi connectivity index (χ1n) is 6.23. The first-order chi connectivity index (χ1) is 8.81. The lowest BCUT2D eigenvalue weighted by Gasteiger charge is -2.24. The monoisotopic (exact) mass is 227 g/mol. The molecule has 0 nitrogen and oxygen atoms in total. The lowest BCUT2D eigenvalue weighted by Crippen LogP contribution is -2.09. The Labute approximate surface area is 110 Å². The van der Waals surface area contributed by atoms with Crippen LogP contribution in [0.2, 0.25) is 0 Å². The number of fused-ring (bicyclic) bond motifs is 2. The largest absolute Gasteiger partial charge is 0.114 e. The van der Waals surface area contributed by atoms with Crippen molar-refractivity contribution < 1.29 is 0 Å². The zero-order valence-corrected chi connectivity index (χ0v) is 10.5. The van der Waals surface area contributed by atoms with E-state index in [4.69, 9.17) is 7.74 Å². The molecule has 0 heterocycles. The Morgan fingerprint density at radius 1 is 0.944 bits per heavy atom. The van der Waals surface area contributed by atoms with Gasteiger partial charge in [0.25, 0.3) is 0 Å². The van der Waals surface area contributed by atoms with Crippen molar-refractivity contribution in [1.82, 2.24) is 0 Å². The highest BCUT2D eigenvalue weighted by Gasteiger charge is 2.20. The van der Waals surface area contributed by atoms with Crippen molar-refractivity contribution in [2.75, 3.05) is 0 Å². The molecule has 1 aliphatic carbocycles. The van der Waals surface area contributed by atoms with E-state index in [1.807, 2.05) is 0 Å². The van der Waals surface area contributed by atoms with Gasteiger partial charge in [0.15, 0.2) is 0 Å². The summed E-state index contributed by atoms with van der Waals surface area (Å²) < 4.78 is 0. The number of benzene rings is 2. The molecule has 0 atom stereocenters. The molecule has 0 bridgehead atoms. The molecular weight excluding hydrogens is 214 g/mol. The van der Waals surface area contributed by atoms with Gasteiger partial charge in [-0.1, -0.05) is 55.5 Å². The molecule has 3 rings (SSSR count). The van der Waals surface area contributed by atoms with E-state index in [9.17, 15) is 0 Å². The minimum atomic E-state index is 1.01. The molecule has 0 fully saturated rings. The van der Waals surface area contributed by atoms with E-state index in [0.29, 0.717) is 0 Å². The van der Waals surface area contributed by atoms with Gasteiger partial charge in [-0.25, -0.2) is 0 Å². The molecule has 0 amide bonds. The van der Waals surface area contributed by atoms with Gasteiger partial charge in [-0.3, -0.25) is 0 Å². The second-order valence-corrected chi connectivity index (χ2v) is 4.72. The molecule has 0 unspecified atom stereocenters. The summed E-state index contributed by atoms with van der Waals surface area (Å²) in [6.45, 7) is 2.08. The van der Waals surface area contributed by atoms with Crippen LogP contribution in [0.5, 0.6) is 0 Å². The third kappa shape index (κ3) is 1.73. The normalized spacial score (nSPS) is 12.6. The number of hydrogen-bond donors (Lipinski definition) is 0. The van der Waals surface area contributed by atoms with Crippen LogP contribution in [0.4, 0.5) is 0 Å². The highest BCUT2D eigenvalue weighted by molar-refractivity contribution is 6.94. The molecule has 1 aliphatic rings. The zero-order chi connectivity index (χ0) is 12.5. The fourth-order valence-corrected chi connectivity index (χ4v) is 2.70. The van der Waals surface area contributed by atoms with Crippen LogP contribution in [0.3, 0.4) is 0 Å². The van der Waals surface area contributed by atoms with Gasteiger partial charge in [0.05, 0.1) is 7.17 Å². The molecule has 0 saturated heterocycles. The molecule has 0 aromatic heterocycles. The molecule has 0 N–H and O–H groups in total. The Morgan fingerprint density at radius 2 is 1.44 bits per heavy atom. The maximum atomic E-state index is 5.73. The Hall–Kier alpha value is -1.69. The molecule has 0 spiro atoms. The third-order valence-corrected chi connectivity index (χ3v) is 3.60. The van der Waals surface area contributed by atoms with E-state index in [-0.39, 0.29) is 0 Å². The van der Waals surface area contributed by atoms with Crippen molar-refractivity contribution in [3.63, 3.8) is 0 Å². The first kappa shape index (κ1) is 11.4. The summed E-state index contributed by atoms with van der Waals surface area (Å²) in [5.74, 6) is 0. The van der Waals surface area contributed by atoms with Gasteiger partial charge >= 0.3 is 0 Å². The summed E-state index contributed by atoms with van der Waals surface area (Å²) in [5, 5.41) is 0. The summed E-state index contributed by atoms with van der Waals surface area (Å²) in [5.41, 5.74) is 7.80. The van der Waals surface area contributed by atoms with Crippen LogP contribution >= 0.6 is 0 Å². The highest BCUT2D eigenvalue weighted by atomic mass is 14.2. The van der Waals surface area contributed by atoms with Crippen molar-refractivity contribution in [1.29, 1.82) is 0 Å². The van der Waals surface area contributed by atoms with E-state index in [1.165, 1.54) is 27.8 Å². The maximum Gasteiger partial charge on any atom is 0.0906 e. The number of hydrogen-bond acceptors (Lipinski definition) is 0. The first-order valence-corrected chi connectivity index (χ1v) is 6.23. The molecule has 2 heteroatoms. The van der Waals surface area contributed by atoms with Gasteiger partial charge in [0.2, 0.25) is 0 Å². The summed E-state index contributed by atoms with van der Waals surface area (Å²) in [6.07, 6.45) is 1.01. The van der Waals surface area contributed by atoms with E-state index in [0.717, 1.165) is 11.9 Å². The topological polar surface area (TPSA) is 0 Å². The molecule has 0 aliphatic heterocycles. The Morgan fingerprint density at radius 3 is 1.94 bits per heavy atom. The van der Waals surface area contributed by atoms with Gasteiger partial charge in [-0.05, 0) is 34.2 Å². The SMILES string of the molecule is [B][B]C(C)=C1c2ccccc2Cc2ccccc21. The zero-order valence-electron chi connectivity index (χ0n) is 10.5. The van der Waals surface area contributed by atoms with Gasteiger partial charge in [0, 0.05) is 7.74 Å². The second-order valence-electron chi connectivity index (χ2n) is 4.72. The van der Waals surface area contributed by atoms with Crippen LogP contribution in [0.1, 0.15) is 29.2 Å². The number of allylic oxidation sites excluding steroid dienone is 1. The summed E-state index contributed by atoms with van der Waals surface area (Å²) in [7, 11) is 7.44. The summed E-state index contributed by atoms with van der Waals surface area (Å²) in [6, 6.07) is 17.2. The predicted octanol–water partition coefficient (Wildman–Crippen LogP) is 3.16. The van der Waals surface area contributed by atoms with E-state index in [2.05, 4.69) is 55.5 Å². The minimum Gasteiger partial charge on any atom is -0.114 e. The van der Waals surface area contributed by atoms with E-state index >= 15 is 0 Å². The third-order valence-electron chi connectivity index (χ3n) is 3.60. The van der Waals surface area contributed by atoms with Crippen molar-refractivity contribution in [3.8, 4) is 0 Å². The van der Waals surface area contributed by atoms with Crippen LogP contribution < -0.4 is 0 Å². The average molecular weight is 227 g/mol. The van der Waals surface area contributed by atoms with Gasteiger partial charge < -0.3 is 0 Å². The van der Waals surface area contributed by atoms with E-state index < -0.39 is 0 Å². The maximum absolute atomic E-state index is 5.73.